The van der Waals surface area contributed by atoms with Crippen molar-refractivity contribution in [3.63, 3.8) is 0 Å². The number of hydrogen-bond donors (Lipinski definition) is 2. The number of fused-ring (bicyclic) bond motifs is 5. The maximum Gasteiger partial charge on any atom is 0.329 e. The molecule has 2 aliphatic heterocycles. The number of aromatic nitrogens is 3. The molecule has 2 atom stereocenters. The van der Waals surface area contributed by atoms with Crippen molar-refractivity contribution >= 4 is 22.5 Å². The molecule has 2 N–H and O–H groups in total. The molecule has 2 aliphatic rings. The second-order valence-electron chi connectivity index (χ2n) is 8.30. The molecular weight excluding hydrogens is 418 g/mol. The molecule has 11 nitrogen and oxygen atoms in total. The summed E-state index contributed by atoms with van der Waals surface area (Å²) in [4.78, 5) is 54.9. The van der Waals surface area contributed by atoms with E-state index in [2.05, 4.69) is 4.98 Å². The van der Waals surface area contributed by atoms with Crippen LogP contribution in [-0.2, 0) is 17.9 Å². The van der Waals surface area contributed by atoms with Crippen LogP contribution in [0.1, 0.15) is 18.0 Å². The van der Waals surface area contributed by atoms with Crippen molar-refractivity contribution in [1.29, 1.82) is 0 Å². The number of H-pyrrole nitrogens is 1. The van der Waals surface area contributed by atoms with Gasteiger partial charge in [0.15, 0.2) is 0 Å². The molecule has 166 valence electrons. The summed E-state index contributed by atoms with van der Waals surface area (Å²) in [6.45, 7) is 0.632. The highest BCUT2D eigenvalue weighted by molar-refractivity contribution is 5.79. The van der Waals surface area contributed by atoms with Gasteiger partial charge in [0.2, 0.25) is 5.91 Å². The molecule has 0 aliphatic carbocycles. The summed E-state index contributed by atoms with van der Waals surface area (Å²) >= 11 is 0. The smallest absolute Gasteiger partial charge is 0.329 e. The number of carbonyl (C=O) groups is 1. The first-order valence-electron chi connectivity index (χ1n) is 10.2. The van der Waals surface area contributed by atoms with Gasteiger partial charge in [0.25, 0.3) is 11.1 Å². The Morgan fingerprint density at radius 3 is 2.66 bits per heavy atom. The van der Waals surface area contributed by atoms with Gasteiger partial charge >= 0.3 is 5.69 Å². The Balaban J connectivity index is 1.42. The fourth-order valence-corrected chi connectivity index (χ4v) is 4.86. The van der Waals surface area contributed by atoms with E-state index in [0.717, 1.165) is 11.0 Å². The molecule has 1 saturated heterocycles. The number of piperidine rings is 1. The average Bonchev–Trinajstić information content (AvgIpc) is 2.77. The summed E-state index contributed by atoms with van der Waals surface area (Å²) in [5.74, 6) is -0.502. The van der Waals surface area contributed by atoms with Crippen molar-refractivity contribution in [3.05, 3.63) is 78.5 Å². The van der Waals surface area contributed by atoms with Gasteiger partial charge in [-0.1, -0.05) is 12.1 Å². The third kappa shape index (κ3) is 3.22. The van der Waals surface area contributed by atoms with Crippen LogP contribution in [0, 0.1) is 11.1 Å². The normalized spacial score (nSPS) is 19.6. The standard InChI is InChI=1S/C21H20N5O6/c27-18(11-25-19(28)14-3-1-2-4-15(14)22-21(25)30)23-8-12-7-13(10-23)16-5-6-17(26(31)32)20(29)24(16)9-12/h1-6,12-13,31H,7-11H2,(H,22,30)/q-1. The van der Waals surface area contributed by atoms with Crippen molar-refractivity contribution < 1.29 is 10.0 Å². The quantitative estimate of drug-likeness (QED) is 0.556. The highest BCUT2D eigenvalue weighted by atomic mass is 16.8. The van der Waals surface area contributed by atoms with Crippen LogP contribution in [0.4, 0.5) is 5.69 Å². The van der Waals surface area contributed by atoms with Gasteiger partial charge in [-0.15, -0.1) is 0 Å². The van der Waals surface area contributed by atoms with E-state index >= 15 is 0 Å². The van der Waals surface area contributed by atoms with Crippen molar-refractivity contribution in [2.24, 2.45) is 5.92 Å². The summed E-state index contributed by atoms with van der Waals surface area (Å²) in [7, 11) is 0. The first-order chi connectivity index (χ1) is 15.3. The molecule has 4 heterocycles. The summed E-state index contributed by atoms with van der Waals surface area (Å²) in [5.41, 5.74) is -0.977. The maximum atomic E-state index is 13.0. The Morgan fingerprint density at radius 2 is 1.88 bits per heavy atom. The number of nitrogens with one attached hydrogen (secondary N) is 1. The zero-order chi connectivity index (χ0) is 22.6. The number of carbonyl (C=O) groups excluding carboxylic acids is 1. The van der Waals surface area contributed by atoms with Crippen LogP contribution in [0.15, 0.2) is 50.8 Å². The molecule has 1 amide bonds. The van der Waals surface area contributed by atoms with E-state index in [9.17, 15) is 24.4 Å². The fraction of sp³-hybridized carbons (Fsp3) is 0.333. The van der Waals surface area contributed by atoms with Gasteiger partial charge in [-0.05, 0) is 36.6 Å². The van der Waals surface area contributed by atoms with E-state index in [-0.39, 0.29) is 30.0 Å². The fourth-order valence-electron chi connectivity index (χ4n) is 4.86. The minimum absolute atomic E-state index is 0.0245. The van der Waals surface area contributed by atoms with Gasteiger partial charge in [-0.3, -0.25) is 24.2 Å². The molecule has 2 bridgehead atoms. The number of hydrogen-bond acceptors (Lipinski definition) is 7. The van der Waals surface area contributed by atoms with Gasteiger partial charge in [0, 0.05) is 31.2 Å². The van der Waals surface area contributed by atoms with E-state index in [0.29, 0.717) is 36.2 Å². The number of anilines is 1. The summed E-state index contributed by atoms with van der Waals surface area (Å²) in [5, 5.41) is 20.2. The molecule has 0 saturated carbocycles. The molecule has 0 spiro atoms. The van der Waals surface area contributed by atoms with Crippen LogP contribution in [0.2, 0.25) is 0 Å². The van der Waals surface area contributed by atoms with Crippen LogP contribution >= 0.6 is 0 Å². The van der Waals surface area contributed by atoms with Crippen molar-refractivity contribution in [1.82, 2.24) is 19.0 Å². The Hall–Kier alpha value is -3.70. The van der Waals surface area contributed by atoms with Crippen LogP contribution < -0.4 is 22.0 Å². The molecule has 1 fully saturated rings. The number of rotatable bonds is 3. The van der Waals surface area contributed by atoms with Crippen molar-refractivity contribution in [3.8, 4) is 0 Å². The van der Waals surface area contributed by atoms with Gasteiger partial charge in [0.1, 0.15) is 12.2 Å². The van der Waals surface area contributed by atoms with Crippen LogP contribution in [-0.4, -0.2) is 43.2 Å². The maximum absolute atomic E-state index is 13.0. The van der Waals surface area contributed by atoms with E-state index in [4.69, 9.17) is 5.21 Å². The predicted molar refractivity (Wildman–Crippen MR) is 115 cm³/mol. The van der Waals surface area contributed by atoms with Gasteiger partial charge < -0.3 is 24.9 Å². The lowest BCUT2D eigenvalue weighted by atomic mass is 9.83. The molecule has 32 heavy (non-hydrogen) atoms. The molecule has 1 aromatic carbocycles. The number of amides is 1. The third-order valence-electron chi connectivity index (χ3n) is 6.33. The molecule has 5 rings (SSSR count). The van der Waals surface area contributed by atoms with Crippen molar-refractivity contribution in [2.45, 2.75) is 25.4 Å². The van der Waals surface area contributed by atoms with Gasteiger partial charge in [-0.25, -0.2) is 4.79 Å². The van der Waals surface area contributed by atoms with Gasteiger partial charge in [-0.2, -0.15) is 0 Å². The lowest BCUT2D eigenvalue weighted by Gasteiger charge is -2.43. The van der Waals surface area contributed by atoms with E-state index in [1.807, 2.05) is 0 Å². The average molecular weight is 438 g/mol. The largest absolute Gasteiger partial charge is 0.733 e. The number of pyridine rings is 1. The predicted octanol–water partition coefficient (Wildman–Crippen LogP) is 0.191. The number of para-hydroxylation sites is 1. The van der Waals surface area contributed by atoms with E-state index < -0.39 is 22.0 Å². The highest BCUT2D eigenvalue weighted by Gasteiger charge is 2.36. The molecule has 3 aromatic rings. The minimum atomic E-state index is -0.644. The second kappa shape index (κ2) is 7.46. The van der Waals surface area contributed by atoms with Crippen LogP contribution in [0.3, 0.4) is 0 Å². The van der Waals surface area contributed by atoms with Crippen LogP contribution in [0.25, 0.3) is 10.9 Å². The summed E-state index contributed by atoms with van der Waals surface area (Å²) in [6.07, 6.45) is 0.777. The number of benzene rings is 1. The molecule has 11 heteroatoms. The number of nitrogens with zero attached hydrogens (tertiary/aromatic N) is 4. The van der Waals surface area contributed by atoms with Crippen LogP contribution in [0.5, 0.6) is 0 Å². The molecule has 2 unspecified atom stereocenters. The third-order valence-corrected chi connectivity index (χ3v) is 6.33. The second-order valence-corrected chi connectivity index (χ2v) is 8.30. The van der Waals surface area contributed by atoms with Crippen molar-refractivity contribution in [2.75, 3.05) is 18.3 Å². The lowest BCUT2D eigenvalue weighted by molar-refractivity contribution is -0.134. The Morgan fingerprint density at radius 1 is 1.09 bits per heavy atom. The Labute approximate surface area is 180 Å². The van der Waals surface area contributed by atoms with Gasteiger partial charge in [0.05, 0.1) is 10.9 Å². The monoisotopic (exact) mass is 438 g/mol. The molecule has 0 radical (unpaired) electrons. The first kappa shape index (κ1) is 20.2. The first-order valence-corrected chi connectivity index (χ1v) is 10.2. The SMILES string of the molecule is O=C(Cn1c(=O)[nH]c2ccccc2c1=O)N1CC2CC(C1)c1ccc(N([O-])O)c(=O)n1C2. The summed E-state index contributed by atoms with van der Waals surface area (Å²) < 4.78 is 2.39. The molecule has 2 aromatic heterocycles. The topological polar surface area (TPSA) is 144 Å². The zero-order valence-corrected chi connectivity index (χ0v) is 16.9. The highest BCUT2D eigenvalue weighted by Crippen LogP contribution is 2.35. The Kier molecular flexibility index (Phi) is 4.72. The number of aromatic amines is 1. The molecular formula is C21H20N5O6-. The Bertz CT molecular complexity index is 1400. The lowest BCUT2D eigenvalue weighted by Crippen LogP contribution is -2.51. The minimum Gasteiger partial charge on any atom is -0.733 e. The van der Waals surface area contributed by atoms with E-state index in [1.165, 1.54) is 10.6 Å². The zero-order valence-electron chi connectivity index (χ0n) is 16.9. The summed E-state index contributed by atoms with van der Waals surface area (Å²) in [6, 6.07) is 9.51. The number of likely N-dealkylation sites (tertiary alicyclic amines) is 1. The van der Waals surface area contributed by atoms with E-state index in [1.54, 1.807) is 35.2 Å².